The maximum atomic E-state index is 12.0. The zero-order valence-electron chi connectivity index (χ0n) is 11.7. The molecule has 0 aliphatic carbocycles. The summed E-state index contributed by atoms with van der Waals surface area (Å²) < 4.78 is 0. The van der Waals surface area contributed by atoms with Crippen molar-refractivity contribution in [3.05, 3.63) is 65.2 Å². The topological polar surface area (TPSA) is 37.3 Å². The third-order valence-electron chi connectivity index (χ3n) is 3.07. The van der Waals surface area contributed by atoms with Crippen LogP contribution in [0.4, 0.5) is 0 Å². The highest BCUT2D eigenvalue weighted by molar-refractivity contribution is 8.13. The predicted octanol–water partition coefficient (Wildman–Crippen LogP) is 4.05. The second-order valence-electron chi connectivity index (χ2n) is 4.92. The first-order valence-electron chi connectivity index (χ1n) is 6.56. The van der Waals surface area contributed by atoms with E-state index in [9.17, 15) is 9.90 Å². The molecule has 0 saturated heterocycles. The van der Waals surface area contributed by atoms with Gasteiger partial charge in [0.1, 0.15) is 0 Å². The highest BCUT2D eigenvalue weighted by Crippen LogP contribution is 2.25. The molecule has 0 fully saturated rings. The van der Waals surface area contributed by atoms with Crippen LogP contribution in [0.1, 0.15) is 29.2 Å². The molecule has 0 spiro atoms. The van der Waals surface area contributed by atoms with Crippen LogP contribution in [0.15, 0.2) is 53.4 Å². The van der Waals surface area contributed by atoms with Crippen molar-refractivity contribution in [3.8, 4) is 0 Å². The Morgan fingerprint density at radius 3 is 2.05 bits per heavy atom. The fourth-order valence-corrected chi connectivity index (χ4v) is 2.62. The summed E-state index contributed by atoms with van der Waals surface area (Å²) in [5, 5.41) is 10.0. The predicted molar refractivity (Wildman–Crippen MR) is 82.8 cm³/mol. The molecule has 0 aliphatic heterocycles. The molecule has 0 amide bonds. The largest absolute Gasteiger partial charge is 0.388 e. The SMILES string of the molecule is Cc1ccc(SC(=O)C[C@@H](O)c2ccc(C)cc2)cc1. The average Bonchev–Trinajstić information content (AvgIpc) is 2.42. The number of aliphatic hydroxyl groups is 1. The van der Waals surface area contributed by atoms with Gasteiger partial charge in [-0.15, -0.1) is 0 Å². The summed E-state index contributed by atoms with van der Waals surface area (Å²) in [6.07, 6.45) is -0.609. The Morgan fingerprint density at radius 2 is 1.50 bits per heavy atom. The van der Waals surface area contributed by atoms with Gasteiger partial charge in [-0.05, 0) is 31.5 Å². The second-order valence-corrected chi connectivity index (χ2v) is 6.05. The van der Waals surface area contributed by atoms with E-state index >= 15 is 0 Å². The fraction of sp³-hybridized carbons (Fsp3) is 0.235. The van der Waals surface area contributed by atoms with Crippen molar-refractivity contribution in [2.45, 2.75) is 31.3 Å². The van der Waals surface area contributed by atoms with E-state index in [4.69, 9.17) is 0 Å². The molecule has 0 aliphatic rings. The lowest BCUT2D eigenvalue weighted by molar-refractivity contribution is -0.112. The van der Waals surface area contributed by atoms with Crippen LogP contribution in [0, 0.1) is 13.8 Å². The molecule has 0 aromatic heterocycles. The van der Waals surface area contributed by atoms with Gasteiger partial charge in [0.25, 0.3) is 0 Å². The Labute approximate surface area is 123 Å². The van der Waals surface area contributed by atoms with E-state index in [0.29, 0.717) is 0 Å². The minimum Gasteiger partial charge on any atom is -0.388 e. The molecule has 1 N–H and O–H groups in total. The van der Waals surface area contributed by atoms with Crippen LogP contribution in [0.5, 0.6) is 0 Å². The van der Waals surface area contributed by atoms with Crippen LogP contribution >= 0.6 is 11.8 Å². The number of aryl methyl sites for hydroxylation is 2. The fourth-order valence-electron chi connectivity index (χ4n) is 1.84. The Balaban J connectivity index is 1.93. The Kier molecular flexibility index (Phi) is 4.99. The summed E-state index contributed by atoms with van der Waals surface area (Å²) in [6, 6.07) is 15.4. The van der Waals surface area contributed by atoms with Gasteiger partial charge in [-0.3, -0.25) is 4.79 Å². The normalized spacial score (nSPS) is 12.2. The lowest BCUT2D eigenvalue weighted by atomic mass is 10.1. The first-order chi connectivity index (χ1) is 9.54. The number of rotatable bonds is 4. The van der Waals surface area contributed by atoms with E-state index in [1.165, 1.54) is 17.3 Å². The number of thioether (sulfide) groups is 1. The third-order valence-corrected chi connectivity index (χ3v) is 3.98. The maximum Gasteiger partial charge on any atom is 0.196 e. The van der Waals surface area contributed by atoms with Gasteiger partial charge in [-0.1, -0.05) is 59.3 Å². The molecule has 2 aromatic rings. The molecule has 0 radical (unpaired) electrons. The van der Waals surface area contributed by atoms with Crippen molar-refractivity contribution in [1.82, 2.24) is 0 Å². The smallest absolute Gasteiger partial charge is 0.196 e. The van der Waals surface area contributed by atoms with E-state index in [0.717, 1.165) is 16.0 Å². The molecular formula is C17H18O2S. The summed E-state index contributed by atoms with van der Waals surface area (Å²) in [4.78, 5) is 12.9. The maximum absolute atomic E-state index is 12.0. The van der Waals surface area contributed by atoms with Gasteiger partial charge < -0.3 is 5.11 Å². The van der Waals surface area contributed by atoms with Crippen molar-refractivity contribution in [1.29, 1.82) is 0 Å². The van der Waals surface area contributed by atoms with Gasteiger partial charge >= 0.3 is 0 Å². The van der Waals surface area contributed by atoms with Crippen LogP contribution in [-0.2, 0) is 4.79 Å². The first kappa shape index (κ1) is 14.8. The zero-order chi connectivity index (χ0) is 14.5. The minimum atomic E-state index is -0.735. The summed E-state index contributed by atoms with van der Waals surface area (Å²) in [6.45, 7) is 4.01. The zero-order valence-corrected chi connectivity index (χ0v) is 12.5. The van der Waals surface area contributed by atoms with Gasteiger partial charge in [0.15, 0.2) is 5.12 Å². The van der Waals surface area contributed by atoms with E-state index in [2.05, 4.69) is 0 Å². The lowest BCUT2D eigenvalue weighted by Gasteiger charge is -2.10. The molecule has 2 aromatic carbocycles. The molecule has 0 heterocycles. The number of hydrogen-bond donors (Lipinski definition) is 1. The summed E-state index contributed by atoms with van der Waals surface area (Å²) in [7, 11) is 0. The monoisotopic (exact) mass is 286 g/mol. The number of carbonyl (C=O) groups is 1. The lowest BCUT2D eigenvalue weighted by Crippen LogP contribution is -2.03. The van der Waals surface area contributed by atoms with Gasteiger partial charge in [-0.25, -0.2) is 0 Å². The molecule has 2 nitrogen and oxygen atoms in total. The molecule has 0 unspecified atom stereocenters. The Hall–Kier alpha value is -1.58. The van der Waals surface area contributed by atoms with Crippen LogP contribution in [0.3, 0.4) is 0 Å². The van der Waals surface area contributed by atoms with Crippen LogP contribution < -0.4 is 0 Å². The standard InChI is InChI=1S/C17H18O2S/c1-12-3-7-14(8-4-12)16(18)11-17(19)20-15-9-5-13(2)6-10-15/h3-10,16,18H,11H2,1-2H3/t16-/m1/s1. The highest BCUT2D eigenvalue weighted by atomic mass is 32.2. The van der Waals surface area contributed by atoms with Gasteiger partial charge in [0, 0.05) is 11.3 Å². The molecule has 2 rings (SSSR count). The van der Waals surface area contributed by atoms with Gasteiger partial charge in [-0.2, -0.15) is 0 Å². The second kappa shape index (κ2) is 6.73. The Bertz CT molecular complexity index is 573. The molecule has 104 valence electrons. The van der Waals surface area contributed by atoms with E-state index in [1.807, 2.05) is 62.4 Å². The van der Waals surface area contributed by atoms with Crippen molar-refractivity contribution < 1.29 is 9.90 Å². The molecule has 0 bridgehead atoms. The summed E-state index contributed by atoms with van der Waals surface area (Å²) >= 11 is 1.18. The van der Waals surface area contributed by atoms with Crippen molar-refractivity contribution >= 4 is 16.9 Å². The first-order valence-corrected chi connectivity index (χ1v) is 7.38. The highest BCUT2D eigenvalue weighted by Gasteiger charge is 2.14. The van der Waals surface area contributed by atoms with Crippen LogP contribution in [0.25, 0.3) is 0 Å². The molecule has 1 atom stereocenters. The summed E-state index contributed by atoms with van der Waals surface area (Å²) in [5.74, 6) is 0. The molecular weight excluding hydrogens is 268 g/mol. The van der Waals surface area contributed by atoms with Gasteiger partial charge in [0.2, 0.25) is 0 Å². The van der Waals surface area contributed by atoms with E-state index in [1.54, 1.807) is 0 Å². The number of carbonyl (C=O) groups excluding carboxylic acids is 1. The number of benzene rings is 2. The summed E-state index contributed by atoms with van der Waals surface area (Å²) in [5.41, 5.74) is 3.09. The van der Waals surface area contributed by atoms with Crippen LogP contribution in [-0.4, -0.2) is 10.2 Å². The minimum absolute atomic E-state index is 0.0260. The number of hydrogen-bond acceptors (Lipinski definition) is 3. The van der Waals surface area contributed by atoms with Gasteiger partial charge in [0.05, 0.1) is 6.10 Å². The average molecular weight is 286 g/mol. The van der Waals surface area contributed by atoms with Crippen molar-refractivity contribution in [2.75, 3.05) is 0 Å². The van der Waals surface area contributed by atoms with Crippen LogP contribution in [0.2, 0.25) is 0 Å². The molecule has 3 heteroatoms. The number of aliphatic hydroxyl groups excluding tert-OH is 1. The van der Waals surface area contributed by atoms with E-state index in [-0.39, 0.29) is 11.5 Å². The third kappa shape index (κ3) is 4.22. The quantitative estimate of drug-likeness (QED) is 0.862. The molecule has 0 saturated carbocycles. The Morgan fingerprint density at radius 1 is 1.00 bits per heavy atom. The van der Waals surface area contributed by atoms with E-state index < -0.39 is 6.10 Å². The van der Waals surface area contributed by atoms with Crippen molar-refractivity contribution in [3.63, 3.8) is 0 Å². The van der Waals surface area contributed by atoms with Crippen molar-refractivity contribution in [2.24, 2.45) is 0 Å². The molecule has 20 heavy (non-hydrogen) atoms.